The third kappa shape index (κ3) is 11.8. The summed E-state index contributed by atoms with van der Waals surface area (Å²) in [6.45, 7) is 3.94. The predicted molar refractivity (Wildman–Crippen MR) is 141 cm³/mol. The Labute approximate surface area is 217 Å². The smallest absolute Gasteiger partial charge is 0.409 e. The number of nitrogens with zero attached hydrogens (tertiary/aromatic N) is 1. The van der Waals surface area contributed by atoms with Gasteiger partial charge in [-0.3, -0.25) is 0 Å². The van der Waals surface area contributed by atoms with E-state index in [9.17, 15) is 14.7 Å². The van der Waals surface area contributed by atoms with Crippen molar-refractivity contribution in [3.63, 3.8) is 0 Å². The van der Waals surface area contributed by atoms with Crippen molar-refractivity contribution in [3.05, 3.63) is 65.7 Å². The van der Waals surface area contributed by atoms with Crippen LogP contribution in [0.3, 0.4) is 0 Å². The van der Waals surface area contributed by atoms with Crippen LogP contribution in [-0.4, -0.2) is 80.6 Å². The van der Waals surface area contributed by atoms with E-state index in [4.69, 9.17) is 18.9 Å². The highest BCUT2D eigenvalue weighted by atomic mass is 32.2. The van der Waals surface area contributed by atoms with E-state index in [0.717, 1.165) is 23.5 Å². The number of carbonyl (C=O) groups is 2. The molecule has 0 radical (unpaired) electrons. The Hall–Kier alpha value is -2.75. The van der Waals surface area contributed by atoms with Crippen LogP contribution in [-0.2, 0) is 31.2 Å². The van der Waals surface area contributed by atoms with E-state index in [-0.39, 0.29) is 19.1 Å². The molecule has 2 aromatic carbocycles. The molecule has 0 spiro atoms. The number of amides is 1. The molecule has 0 aliphatic carbocycles. The standard InChI is InChI=1S/C27H37NO7S/c1-3-33-25(26(29)30)20-22-10-12-24(13-11-22)34-16-15-28(27(31)35-18-17-32-2)14-7-19-36-21-23-8-5-4-6-9-23/h4-6,8-13,25H,3,7,14-21H2,1-2H3,(H,29,30). The van der Waals surface area contributed by atoms with E-state index in [1.54, 1.807) is 31.1 Å². The Morgan fingerprint density at radius 1 is 0.972 bits per heavy atom. The highest BCUT2D eigenvalue weighted by Crippen LogP contribution is 2.16. The lowest BCUT2D eigenvalue weighted by Crippen LogP contribution is -2.36. The Balaban J connectivity index is 1.79. The summed E-state index contributed by atoms with van der Waals surface area (Å²) in [5.74, 6) is 1.54. The number of hydrogen-bond donors (Lipinski definition) is 1. The topological polar surface area (TPSA) is 94.5 Å². The zero-order valence-electron chi connectivity index (χ0n) is 21.1. The molecule has 9 heteroatoms. The molecule has 1 N–H and O–H groups in total. The first-order valence-electron chi connectivity index (χ1n) is 12.1. The van der Waals surface area contributed by atoms with Crippen molar-refractivity contribution in [3.8, 4) is 5.75 Å². The van der Waals surface area contributed by atoms with Crippen LogP contribution in [0.2, 0.25) is 0 Å². The minimum absolute atomic E-state index is 0.204. The van der Waals surface area contributed by atoms with Crippen LogP contribution in [0.25, 0.3) is 0 Å². The minimum Gasteiger partial charge on any atom is -0.492 e. The summed E-state index contributed by atoms with van der Waals surface area (Å²) in [5.41, 5.74) is 2.13. The molecule has 0 bridgehead atoms. The van der Waals surface area contributed by atoms with E-state index < -0.39 is 12.1 Å². The molecule has 1 amide bonds. The Morgan fingerprint density at radius 3 is 2.39 bits per heavy atom. The zero-order valence-corrected chi connectivity index (χ0v) is 21.9. The highest BCUT2D eigenvalue weighted by molar-refractivity contribution is 7.98. The number of ether oxygens (including phenoxy) is 4. The van der Waals surface area contributed by atoms with Gasteiger partial charge in [-0.1, -0.05) is 42.5 Å². The molecular formula is C27H37NO7S. The van der Waals surface area contributed by atoms with Crippen LogP contribution in [0.4, 0.5) is 4.79 Å². The molecule has 198 valence electrons. The Bertz CT molecular complexity index is 879. The minimum atomic E-state index is -0.979. The fourth-order valence-electron chi connectivity index (χ4n) is 3.35. The van der Waals surface area contributed by atoms with E-state index in [1.807, 2.05) is 42.1 Å². The van der Waals surface area contributed by atoms with Gasteiger partial charge in [0.1, 0.15) is 19.0 Å². The fourth-order valence-corrected chi connectivity index (χ4v) is 4.25. The van der Waals surface area contributed by atoms with Crippen LogP contribution in [0.15, 0.2) is 54.6 Å². The van der Waals surface area contributed by atoms with Gasteiger partial charge in [-0.25, -0.2) is 9.59 Å². The number of benzene rings is 2. The summed E-state index contributed by atoms with van der Waals surface area (Å²) in [5, 5.41) is 9.24. The summed E-state index contributed by atoms with van der Waals surface area (Å²) >= 11 is 1.84. The Morgan fingerprint density at radius 2 is 1.72 bits per heavy atom. The first-order valence-corrected chi connectivity index (χ1v) is 13.3. The predicted octanol–water partition coefficient (Wildman–Crippen LogP) is 4.51. The monoisotopic (exact) mass is 519 g/mol. The number of thioether (sulfide) groups is 1. The van der Waals surface area contributed by atoms with Gasteiger partial charge in [-0.15, -0.1) is 0 Å². The van der Waals surface area contributed by atoms with Crippen molar-refractivity contribution in [2.75, 3.05) is 52.4 Å². The molecule has 0 saturated carbocycles. The van der Waals surface area contributed by atoms with Crippen molar-refractivity contribution in [1.29, 1.82) is 0 Å². The molecule has 0 saturated heterocycles. The maximum absolute atomic E-state index is 12.5. The molecule has 0 aliphatic rings. The summed E-state index contributed by atoms with van der Waals surface area (Å²) in [6.07, 6.45) is -0.122. The number of rotatable bonds is 18. The third-order valence-electron chi connectivity index (χ3n) is 5.22. The van der Waals surface area contributed by atoms with E-state index in [2.05, 4.69) is 12.1 Å². The van der Waals surface area contributed by atoms with Crippen molar-refractivity contribution < 1.29 is 33.6 Å². The van der Waals surface area contributed by atoms with Crippen LogP contribution in [0, 0.1) is 0 Å². The van der Waals surface area contributed by atoms with Crippen molar-refractivity contribution in [2.24, 2.45) is 0 Å². The molecule has 0 fully saturated rings. The molecule has 0 aromatic heterocycles. The van der Waals surface area contributed by atoms with Gasteiger partial charge >= 0.3 is 12.1 Å². The highest BCUT2D eigenvalue weighted by Gasteiger charge is 2.18. The largest absolute Gasteiger partial charge is 0.492 e. The number of methoxy groups -OCH3 is 1. The average Bonchev–Trinajstić information content (AvgIpc) is 2.88. The lowest BCUT2D eigenvalue weighted by Gasteiger charge is -2.22. The van der Waals surface area contributed by atoms with Crippen molar-refractivity contribution >= 4 is 23.8 Å². The first kappa shape index (κ1) is 29.5. The van der Waals surface area contributed by atoms with Gasteiger partial charge in [0, 0.05) is 32.4 Å². The van der Waals surface area contributed by atoms with Gasteiger partial charge in [0.2, 0.25) is 0 Å². The Kier molecular flexibility index (Phi) is 14.4. The van der Waals surface area contributed by atoms with Crippen LogP contribution >= 0.6 is 11.8 Å². The molecule has 0 heterocycles. The molecule has 1 atom stereocenters. The summed E-state index contributed by atoms with van der Waals surface area (Å²) in [6, 6.07) is 17.5. The van der Waals surface area contributed by atoms with Gasteiger partial charge in [-0.05, 0) is 42.4 Å². The van der Waals surface area contributed by atoms with Crippen molar-refractivity contribution in [2.45, 2.75) is 31.6 Å². The van der Waals surface area contributed by atoms with Gasteiger partial charge in [0.25, 0.3) is 0 Å². The second-order valence-electron chi connectivity index (χ2n) is 7.96. The van der Waals surface area contributed by atoms with Gasteiger partial charge in [0.05, 0.1) is 13.2 Å². The molecule has 1 unspecified atom stereocenters. The summed E-state index contributed by atoms with van der Waals surface area (Å²) in [4.78, 5) is 25.5. The van der Waals surface area contributed by atoms with Gasteiger partial charge in [-0.2, -0.15) is 11.8 Å². The first-order chi connectivity index (χ1) is 17.5. The average molecular weight is 520 g/mol. The second kappa shape index (κ2) is 17.6. The van der Waals surface area contributed by atoms with Gasteiger partial charge < -0.3 is 29.0 Å². The quantitative estimate of drug-likeness (QED) is 0.288. The van der Waals surface area contributed by atoms with E-state index in [0.29, 0.717) is 38.7 Å². The van der Waals surface area contributed by atoms with Gasteiger partial charge in [0.15, 0.2) is 6.10 Å². The number of aliphatic carboxylic acids is 1. The summed E-state index contributed by atoms with van der Waals surface area (Å²) in [7, 11) is 1.56. The lowest BCUT2D eigenvalue weighted by atomic mass is 10.1. The van der Waals surface area contributed by atoms with E-state index >= 15 is 0 Å². The van der Waals surface area contributed by atoms with Crippen molar-refractivity contribution in [1.82, 2.24) is 4.90 Å². The second-order valence-corrected chi connectivity index (χ2v) is 9.07. The maximum Gasteiger partial charge on any atom is 0.409 e. The number of hydrogen-bond acceptors (Lipinski definition) is 7. The molecule has 8 nitrogen and oxygen atoms in total. The zero-order chi connectivity index (χ0) is 26.0. The van der Waals surface area contributed by atoms with Crippen LogP contribution in [0.1, 0.15) is 24.5 Å². The van der Waals surface area contributed by atoms with Crippen LogP contribution < -0.4 is 4.74 Å². The maximum atomic E-state index is 12.5. The SMILES string of the molecule is CCOC(Cc1ccc(OCCN(CCCSCc2ccccc2)C(=O)OCCOC)cc1)C(=O)O. The third-order valence-corrected chi connectivity index (χ3v) is 6.33. The molecule has 36 heavy (non-hydrogen) atoms. The molecule has 0 aliphatic heterocycles. The number of carboxylic acid groups (broad SMARTS) is 1. The lowest BCUT2D eigenvalue weighted by molar-refractivity contribution is -0.149. The molecular weight excluding hydrogens is 482 g/mol. The molecule has 2 rings (SSSR count). The molecule has 2 aromatic rings. The number of carboxylic acids is 1. The normalized spacial score (nSPS) is 11.6. The fraction of sp³-hybridized carbons (Fsp3) is 0.481. The number of carbonyl (C=O) groups excluding carboxylic acids is 1. The van der Waals surface area contributed by atoms with E-state index in [1.165, 1.54) is 5.56 Å². The summed E-state index contributed by atoms with van der Waals surface area (Å²) < 4.78 is 21.4. The van der Waals surface area contributed by atoms with Crippen LogP contribution in [0.5, 0.6) is 5.75 Å².